The third kappa shape index (κ3) is 3.52. The first kappa shape index (κ1) is 17.5. The van der Waals surface area contributed by atoms with Crippen molar-refractivity contribution in [3.63, 3.8) is 0 Å². The molecule has 7 nitrogen and oxygen atoms in total. The number of amides is 2. The van der Waals surface area contributed by atoms with Crippen molar-refractivity contribution < 1.29 is 9.59 Å². The minimum atomic E-state index is -0.327. The van der Waals surface area contributed by atoms with Crippen molar-refractivity contribution in [2.45, 2.75) is 12.8 Å². The number of likely N-dealkylation sites (tertiary alicyclic amines) is 1. The number of terminal acetylenes is 1. The van der Waals surface area contributed by atoms with Gasteiger partial charge in [-0.2, -0.15) is 10.4 Å². The number of nitrogens with one attached hydrogen (secondary N) is 1. The van der Waals surface area contributed by atoms with Gasteiger partial charge in [-0.15, -0.1) is 6.42 Å². The minimum Gasteiger partial charge on any atom is -0.338 e. The summed E-state index contributed by atoms with van der Waals surface area (Å²) < 4.78 is 0. The number of benzene rings is 1. The van der Waals surface area contributed by atoms with Gasteiger partial charge in [0.1, 0.15) is 6.54 Å². The molecule has 1 atom stereocenters. The Labute approximate surface area is 151 Å². The average Bonchev–Trinajstić information content (AvgIpc) is 3.14. The largest absolute Gasteiger partial charge is 0.338 e. The van der Waals surface area contributed by atoms with Crippen LogP contribution in [0.1, 0.15) is 23.2 Å². The molecule has 0 aliphatic carbocycles. The second kappa shape index (κ2) is 7.71. The number of H-pyrrole nitrogens is 1. The van der Waals surface area contributed by atoms with Crippen LogP contribution < -0.4 is 0 Å². The van der Waals surface area contributed by atoms with Crippen LogP contribution in [0, 0.1) is 29.6 Å². The fraction of sp³-hybridized carbons (Fsp3) is 0.368. The summed E-state index contributed by atoms with van der Waals surface area (Å²) in [7, 11) is 0. The Kier molecular flexibility index (Phi) is 5.19. The molecule has 1 fully saturated rings. The van der Waals surface area contributed by atoms with E-state index in [1.807, 2.05) is 12.1 Å². The summed E-state index contributed by atoms with van der Waals surface area (Å²) in [6.07, 6.45) is 8.40. The maximum absolute atomic E-state index is 12.8. The molecule has 2 aromatic rings. The molecule has 1 saturated heterocycles. The SMILES string of the molecule is C#CCN(CC#N)C(=O)C1CCCN(C(=O)c2ccc3[nH]ncc3c2)C1. The van der Waals surface area contributed by atoms with Crippen molar-refractivity contribution in [2.75, 3.05) is 26.2 Å². The second-order valence-electron chi connectivity index (χ2n) is 6.32. The van der Waals surface area contributed by atoms with Gasteiger partial charge in [0.05, 0.1) is 30.2 Å². The van der Waals surface area contributed by atoms with Gasteiger partial charge in [-0.05, 0) is 31.0 Å². The van der Waals surface area contributed by atoms with Crippen molar-refractivity contribution in [3.8, 4) is 18.4 Å². The summed E-state index contributed by atoms with van der Waals surface area (Å²) >= 11 is 0. The monoisotopic (exact) mass is 349 g/mol. The third-order valence-corrected chi connectivity index (χ3v) is 4.60. The van der Waals surface area contributed by atoms with Crippen LogP contribution in [0.2, 0.25) is 0 Å². The summed E-state index contributed by atoms with van der Waals surface area (Å²) in [4.78, 5) is 28.6. The van der Waals surface area contributed by atoms with Gasteiger partial charge in [-0.25, -0.2) is 0 Å². The predicted octanol–water partition coefficient (Wildman–Crippen LogP) is 1.40. The van der Waals surface area contributed by atoms with E-state index >= 15 is 0 Å². The molecular weight excluding hydrogens is 330 g/mol. The highest BCUT2D eigenvalue weighted by atomic mass is 16.2. The maximum Gasteiger partial charge on any atom is 0.253 e. The van der Waals surface area contributed by atoms with E-state index in [0.29, 0.717) is 25.1 Å². The lowest BCUT2D eigenvalue weighted by Gasteiger charge is -2.34. The number of fused-ring (bicyclic) bond motifs is 1. The molecule has 7 heteroatoms. The molecule has 1 N–H and O–H groups in total. The number of rotatable bonds is 4. The number of nitriles is 1. The Morgan fingerprint density at radius 3 is 3.04 bits per heavy atom. The fourth-order valence-electron chi connectivity index (χ4n) is 3.29. The van der Waals surface area contributed by atoms with E-state index in [1.165, 1.54) is 4.90 Å². The zero-order chi connectivity index (χ0) is 18.5. The number of carbonyl (C=O) groups is 2. The topological polar surface area (TPSA) is 93.1 Å². The minimum absolute atomic E-state index is 0.0371. The van der Waals surface area contributed by atoms with E-state index in [0.717, 1.165) is 17.3 Å². The van der Waals surface area contributed by atoms with Crippen LogP contribution in [0.4, 0.5) is 0 Å². The second-order valence-corrected chi connectivity index (χ2v) is 6.32. The lowest BCUT2D eigenvalue weighted by Crippen LogP contribution is -2.47. The van der Waals surface area contributed by atoms with Crippen molar-refractivity contribution in [1.29, 1.82) is 5.26 Å². The Morgan fingerprint density at radius 2 is 2.27 bits per heavy atom. The van der Waals surface area contributed by atoms with Crippen LogP contribution in [0.3, 0.4) is 0 Å². The van der Waals surface area contributed by atoms with Gasteiger partial charge in [0.2, 0.25) is 5.91 Å². The Morgan fingerprint density at radius 1 is 1.42 bits per heavy atom. The summed E-state index contributed by atoms with van der Waals surface area (Å²) in [5.74, 6) is 1.82. The lowest BCUT2D eigenvalue weighted by molar-refractivity contribution is -0.135. The number of carbonyl (C=O) groups excluding carboxylic acids is 2. The molecule has 1 aliphatic heterocycles. The normalized spacial score (nSPS) is 16.7. The molecule has 26 heavy (non-hydrogen) atoms. The molecule has 2 heterocycles. The Bertz CT molecular complexity index is 889. The van der Waals surface area contributed by atoms with E-state index in [1.54, 1.807) is 23.2 Å². The molecule has 132 valence electrons. The number of nitrogens with zero attached hydrogens (tertiary/aromatic N) is 4. The van der Waals surface area contributed by atoms with Crippen molar-refractivity contribution >= 4 is 22.7 Å². The first-order valence-corrected chi connectivity index (χ1v) is 8.45. The standard InChI is InChI=1S/C19H19N5O2/c1-2-8-23(10-7-20)19(26)15-4-3-9-24(13-15)18(25)14-5-6-17-16(11-14)12-21-22-17/h1,5-6,11-12,15H,3-4,8-10,13H2,(H,21,22). The summed E-state index contributed by atoms with van der Waals surface area (Å²) in [5, 5.41) is 16.6. The maximum atomic E-state index is 12.8. The quantitative estimate of drug-likeness (QED) is 0.667. The van der Waals surface area contributed by atoms with Crippen LogP contribution in [0.25, 0.3) is 10.9 Å². The summed E-state index contributed by atoms with van der Waals surface area (Å²) in [6, 6.07) is 7.35. The van der Waals surface area contributed by atoms with Gasteiger partial charge in [0, 0.05) is 24.0 Å². The summed E-state index contributed by atoms with van der Waals surface area (Å²) in [5.41, 5.74) is 1.44. The molecule has 1 aromatic heterocycles. The molecule has 1 aromatic carbocycles. The van der Waals surface area contributed by atoms with Crippen molar-refractivity contribution in [2.24, 2.45) is 5.92 Å². The van der Waals surface area contributed by atoms with Crippen LogP contribution in [-0.4, -0.2) is 58.0 Å². The first-order valence-electron chi connectivity index (χ1n) is 8.45. The van der Waals surface area contributed by atoms with Crippen molar-refractivity contribution in [1.82, 2.24) is 20.0 Å². The number of hydrogen-bond acceptors (Lipinski definition) is 4. The molecule has 2 amide bonds. The number of aromatic amines is 1. The van der Waals surface area contributed by atoms with Crippen LogP contribution in [0.15, 0.2) is 24.4 Å². The summed E-state index contributed by atoms with van der Waals surface area (Å²) in [6.45, 7) is 1.02. The van der Waals surface area contributed by atoms with Gasteiger partial charge in [0.25, 0.3) is 5.91 Å². The zero-order valence-electron chi connectivity index (χ0n) is 14.3. The van der Waals surface area contributed by atoms with Crippen LogP contribution in [0.5, 0.6) is 0 Å². The van der Waals surface area contributed by atoms with Gasteiger partial charge < -0.3 is 9.80 Å². The molecule has 0 radical (unpaired) electrons. The van der Waals surface area contributed by atoms with Crippen LogP contribution >= 0.6 is 0 Å². The molecule has 3 rings (SSSR count). The highest BCUT2D eigenvalue weighted by Gasteiger charge is 2.31. The predicted molar refractivity (Wildman–Crippen MR) is 95.7 cm³/mol. The molecule has 0 spiro atoms. The van der Waals surface area contributed by atoms with E-state index in [4.69, 9.17) is 11.7 Å². The van der Waals surface area contributed by atoms with E-state index in [2.05, 4.69) is 16.1 Å². The molecule has 0 bridgehead atoms. The Hall–Kier alpha value is -3.32. The molecular formula is C19H19N5O2. The smallest absolute Gasteiger partial charge is 0.253 e. The van der Waals surface area contributed by atoms with Gasteiger partial charge in [0.15, 0.2) is 0 Å². The van der Waals surface area contributed by atoms with Crippen LogP contribution in [-0.2, 0) is 4.79 Å². The van der Waals surface area contributed by atoms with E-state index < -0.39 is 0 Å². The van der Waals surface area contributed by atoms with Crippen molar-refractivity contribution in [3.05, 3.63) is 30.0 Å². The van der Waals surface area contributed by atoms with E-state index in [9.17, 15) is 9.59 Å². The number of piperidine rings is 1. The molecule has 1 aliphatic rings. The third-order valence-electron chi connectivity index (χ3n) is 4.60. The highest BCUT2D eigenvalue weighted by Crippen LogP contribution is 2.22. The first-order chi connectivity index (χ1) is 12.6. The van der Waals surface area contributed by atoms with Gasteiger partial charge >= 0.3 is 0 Å². The molecule has 0 saturated carbocycles. The van der Waals surface area contributed by atoms with Gasteiger partial charge in [-0.3, -0.25) is 14.7 Å². The number of aromatic nitrogens is 2. The Balaban J connectivity index is 1.73. The zero-order valence-corrected chi connectivity index (χ0v) is 14.3. The lowest BCUT2D eigenvalue weighted by atomic mass is 9.95. The van der Waals surface area contributed by atoms with E-state index in [-0.39, 0.29) is 30.8 Å². The van der Waals surface area contributed by atoms with Gasteiger partial charge in [-0.1, -0.05) is 5.92 Å². The average molecular weight is 349 g/mol. The molecule has 1 unspecified atom stereocenters. The highest BCUT2D eigenvalue weighted by molar-refractivity contribution is 5.98. The number of hydrogen-bond donors (Lipinski definition) is 1. The fourth-order valence-corrected chi connectivity index (χ4v) is 3.29.